The largest absolute Gasteiger partial charge is 1.00 e. The molecule has 2 aromatic heterocycles. The summed E-state index contributed by atoms with van der Waals surface area (Å²) < 4.78 is 0. The van der Waals surface area contributed by atoms with Crippen molar-refractivity contribution < 1.29 is 113 Å². The van der Waals surface area contributed by atoms with Crippen molar-refractivity contribution in [1.82, 2.24) is 30.0 Å². The Morgan fingerprint density at radius 2 is 1.00 bits per heavy atom. The normalized spacial score (nSPS) is 10.6. The monoisotopic (exact) mass is 420 g/mol. The maximum Gasteiger partial charge on any atom is 1.00 e. The van der Waals surface area contributed by atoms with Gasteiger partial charge < -0.3 is 10.2 Å². The molecule has 0 amide bonds. The summed E-state index contributed by atoms with van der Waals surface area (Å²) in [6, 6.07) is 17.1. The Bertz CT molecular complexity index is 1220. The van der Waals surface area contributed by atoms with Gasteiger partial charge in [0.2, 0.25) is 0 Å². The first-order valence-electron chi connectivity index (χ1n) is 7.87. The molecule has 0 saturated heterocycles. The van der Waals surface area contributed by atoms with E-state index in [4.69, 9.17) is 0 Å². The van der Waals surface area contributed by atoms with Crippen molar-refractivity contribution in [2.24, 2.45) is 0 Å². The molecule has 5 aromatic rings. The maximum absolute atomic E-state index is 12.9. The van der Waals surface area contributed by atoms with E-state index in [2.05, 4.69) is 20.4 Å². The molecule has 2 heterocycles. The van der Waals surface area contributed by atoms with Gasteiger partial charge in [-0.05, 0) is 30.3 Å². The summed E-state index contributed by atoms with van der Waals surface area (Å²) in [6.07, 6.45) is 0. The Labute approximate surface area is 244 Å². The summed E-state index contributed by atoms with van der Waals surface area (Å²) in [5.74, 6) is -0.992. The number of aromatic nitrogens is 6. The first-order valence-corrected chi connectivity index (χ1v) is 7.87. The van der Waals surface area contributed by atoms with Crippen LogP contribution >= 0.6 is 0 Å². The summed E-state index contributed by atoms with van der Waals surface area (Å²) in [4.78, 5) is 2.32. The Morgan fingerprint density at radius 3 is 1.46 bits per heavy atom. The third kappa shape index (κ3) is 3.86. The van der Waals surface area contributed by atoms with Crippen LogP contribution in [0.15, 0.2) is 60.7 Å². The maximum atomic E-state index is 12.9. The van der Waals surface area contributed by atoms with Crippen molar-refractivity contribution in [3.8, 4) is 22.9 Å². The number of benzene rings is 3. The second-order valence-corrected chi connectivity index (χ2v) is 5.72. The van der Waals surface area contributed by atoms with Crippen LogP contribution in [0.1, 0.15) is 0 Å². The van der Waals surface area contributed by atoms with E-state index in [-0.39, 0.29) is 114 Å². The van der Waals surface area contributed by atoms with Crippen LogP contribution in [-0.4, -0.2) is 30.0 Å². The van der Waals surface area contributed by atoms with Crippen molar-refractivity contribution in [3.63, 3.8) is 0 Å². The quantitative estimate of drug-likeness (QED) is 0.266. The molecule has 0 aliphatic carbocycles. The predicted octanol–water partition coefficient (Wildman–Crippen LogP) is -4.69. The van der Waals surface area contributed by atoms with Crippen LogP contribution < -0.4 is 113 Å². The zero-order valence-corrected chi connectivity index (χ0v) is 21.5. The van der Waals surface area contributed by atoms with Crippen LogP contribution in [0.25, 0.3) is 33.4 Å². The van der Waals surface area contributed by atoms with Crippen LogP contribution in [-0.2, 0) is 0 Å². The van der Waals surface area contributed by atoms with Crippen molar-refractivity contribution in [3.05, 3.63) is 60.7 Å². The van der Waals surface area contributed by atoms with Gasteiger partial charge >= 0.3 is 103 Å². The first-order chi connectivity index (χ1) is 12.7. The third-order valence-electron chi connectivity index (χ3n) is 4.06. The van der Waals surface area contributed by atoms with Gasteiger partial charge in [0.05, 0.1) is 11.4 Å². The molecule has 0 unspecified atom stereocenters. The van der Waals surface area contributed by atoms with E-state index >= 15 is 0 Å². The molecule has 0 spiro atoms. The molecule has 0 aliphatic rings. The van der Waals surface area contributed by atoms with Gasteiger partial charge in [0.15, 0.2) is 0 Å². The second-order valence-electron chi connectivity index (χ2n) is 5.72. The number of nitrogens with zero attached hydrogens (tertiary/aromatic N) is 6. The van der Waals surface area contributed by atoms with E-state index in [1.165, 1.54) is 16.9 Å². The zero-order chi connectivity index (χ0) is 17.7. The summed E-state index contributed by atoms with van der Waals surface area (Å²) in [5, 5.41) is 42.3. The van der Waals surface area contributed by atoms with Crippen LogP contribution in [0.3, 0.4) is 0 Å². The Hall–Kier alpha value is -0.667. The van der Waals surface area contributed by atoms with E-state index in [1.807, 2.05) is 24.3 Å². The van der Waals surface area contributed by atoms with Crippen molar-refractivity contribution in [2.45, 2.75) is 0 Å². The molecule has 10 heteroatoms. The standard InChI is InChI=1S/C18H12N6O2.2K/c25-16-10-9-15(23-19-11-5-1-2-6-12(11)20-23)18(26)17(16)24-21-13-7-3-4-8-14(13)22-24;;/h1-10,25-26H;;/q;2*+1/p-2. The smallest absolute Gasteiger partial charge is 0.871 e. The molecule has 3 aromatic carbocycles. The second kappa shape index (κ2) is 9.00. The van der Waals surface area contributed by atoms with Gasteiger partial charge in [-0.2, -0.15) is 9.59 Å². The molecule has 0 N–H and O–H groups in total. The molecule has 0 bridgehead atoms. The molecular formula is C18H10K2N6O2. The SMILES string of the molecule is [K+].[K+].[O-]c1ccc(-n2nc3ccccc3n2)c([O-])c1-n1nc2ccccc2n1. The summed E-state index contributed by atoms with van der Waals surface area (Å²) in [7, 11) is 0. The Kier molecular flexibility index (Phi) is 7.08. The van der Waals surface area contributed by atoms with Gasteiger partial charge in [0, 0.05) is 0 Å². The van der Waals surface area contributed by atoms with Crippen LogP contribution in [0, 0.1) is 0 Å². The fourth-order valence-electron chi connectivity index (χ4n) is 2.82. The van der Waals surface area contributed by atoms with E-state index in [0.717, 1.165) is 4.80 Å². The fourth-order valence-corrected chi connectivity index (χ4v) is 2.82. The van der Waals surface area contributed by atoms with E-state index in [9.17, 15) is 10.2 Å². The van der Waals surface area contributed by atoms with Crippen molar-refractivity contribution >= 4 is 22.1 Å². The molecule has 0 atom stereocenters. The van der Waals surface area contributed by atoms with Gasteiger partial charge in [-0.25, -0.2) is 0 Å². The van der Waals surface area contributed by atoms with E-state index in [1.54, 1.807) is 24.3 Å². The molecule has 126 valence electrons. The topological polar surface area (TPSA) is 108 Å². The average molecular weight is 421 g/mol. The number of hydrogen-bond donors (Lipinski definition) is 0. The number of fused-ring (bicyclic) bond motifs is 2. The predicted molar refractivity (Wildman–Crippen MR) is 90.2 cm³/mol. The fraction of sp³-hybridized carbons (Fsp3) is 0. The molecule has 0 radical (unpaired) electrons. The van der Waals surface area contributed by atoms with Gasteiger partial charge in [-0.1, -0.05) is 41.8 Å². The van der Waals surface area contributed by atoms with Crippen LogP contribution in [0.2, 0.25) is 0 Å². The molecular weight excluding hydrogens is 410 g/mol. The summed E-state index contributed by atoms with van der Waals surface area (Å²) in [6.45, 7) is 0. The number of rotatable bonds is 2. The van der Waals surface area contributed by atoms with Gasteiger partial charge in [0.25, 0.3) is 0 Å². The van der Waals surface area contributed by atoms with E-state index < -0.39 is 11.5 Å². The zero-order valence-electron chi connectivity index (χ0n) is 15.3. The van der Waals surface area contributed by atoms with Gasteiger partial charge in [0.1, 0.15) is 22.1 Å². The molecule has 28 heavy (non-hydrogen) atoms. The van der Waals surface area contributed by atoms with E-state index in [0.29, 0.717) is 22.1 Å². The summed E-state index contributed by atoms with van der Waals surface area (Å²) in [5.41, 5.74) is 2.52. The van der Waals surface area contributed by atoms with Crippen LogP contribution in [0.4, 0.5) is 0 Å². The number of hydrogen-bond acceptors (Lipinski definition) is 6. The Morgan fingerprint density at radius 1 is 0.571 bits per heavy atom. The summed E-state index contributed by atoms with van der Waals surface area (Å²) >= 11 is 0. The molecule has 0 fully saturated rings. The minimum atomic E-state index is -0.530. The first kappa shape index (κ1) is 22.0. The Balaban J connectivity index is 0.00000112. The van der Waals surface area contributed by atoms with Crippen molar-refractivity contribution in [2.75, 3.05) is 0 Å². The average Bonchev–Trinajstić information content (AvgIpc) is 3.25. The molecule has 0 aliphatic heterocycles. The molecule has 0 saturated carbocycles. The minimum Gasteiger partial charge on any atom is -0.871 e. The third-order valence-corrected chi connectivity index (χ3v) is 4.06. The molecule has 8 nitrogen and oxygen atoms in total. The van der Waals surface area contributed by atoms with Gasteiger partial charge in [-0.15, -0.1) is 20.4 Å². The molecule has 5 rings (SSSR count). The van der Waals surface area contributed by atoms with Crippen molar-refractivity contribution in [1.29, 1.82) is 0 Å². The van der Waals surface area contributed by atoms with Crippen LogP contribution in [0.5, 0.6) is 11.5 Å². The minimum absolute atomic E-state index is 0. The van der Waals surface area contributed by atoms with Gasteiger partial charge in [-0.3, -0.25) is 0 Å².